The van der Waals surface area contributed by atoms with Crippen molar-refractivity contribution in [2.75, 3.05) is 13.1 Å². The van der Waals surface area contributed by atoms with Crippen molar-refractivity contribution in [2.24, 2.45) is 5.92 Å². The van der Waals surface area contributed by atoms with Crippen LogP contribution in [0.5, 0.6) is 0 Å². The van der Waals surface area contributed by atoms with Crippen LogP contribution in [0.2, 0.25) is 0 Å². The Labute approximate surface area is 127 Å². The van der Waals surface area contributed by atoms with E-state index in [4.69, 9.17) is 9.63 Å². The molecular weight excluding hydrogens is 308 g/mol. The molecule has 1 aromatic carbocycles. The van der Waals surface area contributed by atoms with E-state index in [1.807, 2.05) is 0 Å². The summed E-state index contributed by atoms with van der Waals surface area (Å²) in [6, 6.07) is 7.10. The van der Waals surface area contributed by atoms with Crippen LogP contribution >= 0.6 is 0 Å². The van der Waals surface area contributed by atoms with E-state index in [1.54, 1.807) is 24.3 Å². The largest absolute Gasteiger partial charge is 0.481 e. The second kappa shape index (κ2) is 5.69. The predicted octanol–water partition coefficient (Wildman–Crippen LogP) is 1.45. The molecule has 0 amide bonds. The number of carboxylic acids is 1. The summed E-state index contributed by atoms with van der Waals surface area (Å²) in [5.41, 5.74) is 0.938. The summed E-state index contributed by atoms with van der Waals surface area (Å²) < 4.78 is 31.4. The van der Waals surface area contributed by atoms with Crippen LogP contribution in [0.15, 0.2) is 28.8 Å². The van der Waals surface area contributed by atoms with Crippen molar-refractivity contribution >= 4 is 27.0 Å². The van der Waals surface area contributed by atoms with Crippen LogP contribution in [0.1, 0.15) is 18.5 Å². The molecule has 1 aliphatic rings. The van der Waals surface area contributed by atoms with Gasteiger partial charge in [0.1, 0.15) is 11.4 Å². The molecule has 2 heterocycles. The van der Waals surface area contributed by atoms with Crippen molar-refractivity contribution in [1.82, 2.24) is 9.46 Å². The summed E-state index contributed by atoms with van der Waals surface area (Å²) in [6.45, 7) is 0.462. The fourth-order valence-corrected chi connectivity index (χ4v) is 4.19. The SMILES string of the molecule is O=C(O)C1CCN(S(=O)(=O)Cc2noc3ccccc23)CC1. The molecule has 7 nitrogen and oxygen atoms in total. The van der Waals surface area contributed by atoms with Crippen molar-refractivity contribution < 1.29 is 22.8 Å². The van der Waals surface area contributed by atoms with Gasteiger partial charge >= 0.3 is 5.97 Å². The lowest BCUT2D eigenvalue weighted by Crippen LogP contribution is -2.40. The first-order chi connectivity index (χ1) is 10.5. The number of hydrogen-bond donors (Lipinski definition) is 1. The van der Waals surface area contributed by atoms with Gasteiger partial charge in [-0.25, -0.2) is 12.7 Å². The average molecular weight is 324 g/mol. The first-order valence-corrected chi connectivity index (χ1v) is 8.62. The Morgan fingerprint density at radius 3 is 2.68 bits per heavy atom. The summed E-state index contributed by atoms with van der Waals surface area (Å²) in [7, 11) is -3.53. The molecule has 0 spiro atoms. The van der Waals surface area contributed by atoms with E-state index < -0.39 is 21.9 Å². The molecule has 2 aromatic rings. The number of carbonyl (C=O) groups is 1. The van der Waals surface area contributed by atoms with E-state index in [2.05, 4.69) is 5.16 Å². The van der Waals surface area contributed by atoms with Crippen LogP contribution in [0.3, 0.4) is 0 Å². The number of benzene rings is 1. The molecule has 8 heteroatoms. The van der Waals surface area contributed by atoms with Gasteiger partial charge in [0.15, 0.2) is 5.58 Å². The zero-order chi connectivity index (χ0) is 15.7. The van der Waals surface area contributed by atoms with Crippen LogP contribution in [0.25, 0.3) is 11.0 Å². The lowest BCUT2D eigenvalue weighted by molar-refractivity contribution is -0.142. The first kappa shape index (κ1) is 15.0. The van der Waals surface area contributed by atoms with E-state index >= 15 is 0 Å². The lowest BCUT2D eigenvalue weighted by Gasteiger charge is -2.29. The molecule has 0 aliphatic carbocycles. The van der Waals surface area contributed by atoms with Crippen LogP contribution in [-0.4, -0.2) is 42.0 Å². The highest BCUT2D eigenvalue weighted by Gasteiger charge is 2.31. The molecule has 0 radical (unpaired) electrons. The minimum absolute atomic E-state index is 0.231. The minimum atomic E-state index is -3.53. The average Bonchev–Trinajstić information content (AvgIpc) is 2.90. The number of rotatable bonds is 4. The molecule has 0 unspecified atom stereocenters. The fraction of sp³-hybridized carbons (Fsp3) is 0.429. The second-order valence-corrected chi connectivity index (χ2v) is 7.36. The van der Waals surface area contributed by atoms with Crippen molar-refractivity contribution in [3.05, 3.63) is 30.0 Å². The van der Waals surface area contributed by atoms with E-state index in [0.29, 0.717) is 29.5 Å². The van der Waals surface area contributed by atoms with Gasteiger partial charge < -0.3 is 9.63 Å². The molecule has 0 saturated carbocycles. The number of para-hydroxylation sites is 1. The Morgan fingerprint density at radius 2 is 2.00 bits per heavy atom. The van der Waals surface area contributed by atoms with Gasteiger partial charge in [-0.1, -0.05) is 17.3 Å². The summed E-state index contributed by atoms with van der Waals surface area (Å²) in [6.07, 6.45) is 0.683. The third-order valence-electron chi connectivity index (χ3n) is 3.97. The van der Waals surface area contributed by atoms with Crippen molar-refractivity contribution in [1.29, 1.82) is 0 Å². The molecule has 1 aliphatic heterocycles. The second-order valence-electron chi connectivity index (χ2n) is 5.39. The fourth-order valence-electron chi connectivity index (χ4n) is 2.69. The van der Waals surface area contributed by atoms with E-state index in [-0.39, 0.29) is 18.8 Å². The number of hydrogen-bond acceptors (Lipinski definition) is 5. The Bertz CT molecular complexity index is 790. The quantitative estimate of drug-likeness (QED) is 0.913. The first-order valence-electron chi connectivity index (χ1n) is 7.01. The predicted molar refractivity (Wildman–Crippen MR) is 78.6 cm³/mol. The maximum atomic E-state index is 12.5. The van der Waals surface area contributed by atoms with Gasteiger partial charge in [0.25, 0.3) is 0 Å². The molecule has 1 saturated heterocycles. The molecule has 0 atom stereocenters. The highest BCUT2D eigenvalue weighted by atomic mass is 32.2. The topological polar surface area (TPSA) is 101 Å². The number of piperidine rings is 1. The smallest absolute Gasteiger partial charge is 0.306 e. The standard InChI is InChI=1S/C14H16N2O5S/c17-14(18)10-5-7-16(8-6-10)22(19,20)9-12-11-3-1-2-4-13(11)21-15-12/h1-4,10H,5-9H2,(H,17,18). The number of fused-ring (bicyclic) bond motifs is 1. The number of sulfonamides is 1. The van der Waals surface area contributed by atoms with E-state index in [0.717, 1.165) is 0 Å². The number of aromatic nitrogens is 1. The van der Waals surface area contributed by atoms with Gasteiger partial charge in [-0.2, -0.15) is 0 Å². The maximum absolute atomic E-state index is 12.5. The van der Waals surface area contributed by atoms with Gasteiger partial charge in [0, 0.05) is 18.5 Å². The Balaban J connectivity index is 1.76. The molecule has 1 fully saturated rings. The normalized spacial score (nSPS) is 17.8. The molecule has 1 aromatic heterocycles. The van der Waals surface area contributed by atoms with Gasteiger partial charge in [-0.05, 0) is 25.0 Å². The minimum Gasteiger partial charge on any atom is -0.481 e. The molecule has 118 valence electrons. The highest BCUT2D eigenvalue weighted by Crippen LogP contribution is 2.24. The van der Waals surface area contributed by atoms with Gasteiger partial charge in [-0.3, -0.25) is 4.79 Å². The monoisotopic (exact) mass is 324 g/mol. The van der Waals surface area contributed by atoms with Crippen molar-refractivity contribution in [3.8, 4) is 0 Å². The van der Waals surface area contributed by atoms with Gasteiger partial charge in [0.2, 0.25) is 10.0 Å². The van der Waals surface area contributed by atoms with Crippen LogP contribution < -0.4 is 0 Å². The summed E-state index contributed by atoms with van der Waals surface area (Å²) in [5, 5.41) is 13.5. The number of nitrogens with zero attached hydrogens (tertiary/aromatic N) is 2. The summed E-state index contributed by atoms with van der Waals surface area (Å²) in [5.74, 6) is -1.55. The van der Waals surface area contributed by atoms with Crippen molar-refractivity contribution in [3.63, 3.8) is 0 Å². The Hall–Kier alpha value is -1.93. The molecule has 3 rings (SSSR count). The summed E-state index contributed by atoms with van der Waals surface area (Å²) >= 11 is 0. The van der Waals surface area contributed by atoms with Crippen LogP contribution in [0.4, 0.5) is 0 Å². The molecule has 1 N–H and O–H groups in total. The zero-order valence-electron chi connectivity index (χ0n) is 11.8. The Kier molecular flexibility index (Phi) is 3.88. The molecular formula is C14H16N2O5S. The van der Waals surface area contributed by atoms with Crippen LogP contribution in [0, 0.1) is 5.92 Å². The Morgan fingerprint density at radius 1 is 1.32 bits per heavy atom. The third kappa shape index (κ3) is 2.84. The van der Waals surface area contributed by atoms with Gasteiger partial charge in [0.05, 0.1) is 5.92 Å². The lowest BCUT2D eigenvalue weighted by atomic mass is 9.99. The summed E-state index contributed by atoms with van der Waals surface area (Å²) in [4.78, 5) is 10.9. The maximum Gasteiger partial charge on any atom is 0.306 e. The van der Waals surface area contributed by atoms with E-state index in [1.165, 1.54) is 4.31 Å². The number of aliphatic carboxylic acids is 1. The number of carboxylic acid groups (broad SMARTS) is 1. The van der Waals surface area contributed by atoms with Crippen LogP contribution in [-0.2, 0) is 20.6 Å². The van der Waals surface area contributed by atoms with E-state index in [9.17, 15) is 13.2 Å². The van der Waals surface area contributed by atoms with Crippen molar-refractivity contribution in [2.45, 2.75) is 18.6 Å². The third-order valence-corrected chi connectivity index (χ3v) is 5.76. The molecule has 0 bridgehead atoms. The zero-order valence-corrected chi connectivity index (χ0v) is 12.6. The van der Waals surface area contributed by atoms with Gasteiger partial charge in [-0.15, -0.1) is 0 Å². The highest BCUT2D eigenvalue weighted by molar-refractivity contribution is 7.88. The molecule has 22 heavy (non-hydrogen) atoms.